The monoisotopic (exact) mass is 265 g/mol. The summed E-state index contributed by atoms with van der Waals surface area (Å²) in [6, 6.07) is 5.02. The Morgan fingerprint density at radius 1 is 1.47 bits per heavy atom. The number of rotatable bonds is 5. The Hall–Kier alpha value is -1.71. The standard InChI is InChI=1S/C15H23NO3/c1-6-15(4,5)16-14(18)11(3)19-13-9-7-8-12(17)10(13)2/h7-9,11,17H,6H2,1-5H3,(H,16,18). The minimum Gasteiger partial charge on any atom is -0.508 e. The Bertz CT molecular complexity index is 455. The van der Waals surface area contributed by atoms with Crippen LogP contribution in [0.4, 0.5) is 0 Å². The molecule has 1 rings (SSSR count). The molecule has 0 saturated carbocycles. The molecule has 0 bridgehead atoms. The smallest absolute Gasteiger partial charge is 0.261 e. The van der Waals surface area contributed by atoms with Crippen LogP contribution in [0.2, 0.25) is 0 Å². The molecule has 4 nitrogen and oxygen atoms in total. The Morgan fingerprint density at radius 2 is 2.11 bits per heavy atom. The van der Waals surface area contributed by atoms with Gasteiger partial charge in [-0.3, -0.25) is 4.79 Å². The van der Waals surface area contributed by atoms with E-state index in [4.69, 9.17) is 4.74 Å². The minimum absolute atomic E-state index is 0.158. The molecule has 0 aliphatic heterocycles. The van der Waals surface area contributed by atoms with E-state index >= 15 is 0 Å². The summed E-state index contributed by atoms with van der Waals surface area (Å²) in [5.74, 6) is 0.533. The molecule has 0 aliphatic rings. The summed E-state index contributed by atoms with van der Waals surface area (Å²) in [6.45, 7) is 9.41. The summed E-state index contributed by atoms with van der Waals surface area (Å²) in [6.07, 6.45) is 0.239. The van der Waals surface area contributed by atoms with Gasteiger partial charge in [0.2, 0.25) is 0 Å². The number of benzene rings is 1. The molecule has 1 unspecified atom stereocenters. The zero-order valence-electron chi connectivity index (χ0n) is 12.3. The topological polar surface area (TPSA) is 58.6 Å². The van der Waals surface area contributed by atoms with Crippen molar-refractivity contribution in [2.75, 3.05) is 0 Å². The number of carbonyl (C=O) groups excluding carboxylic acids is 1. The van der Waals surface area contributed by atoms with Crippen LogP contribution in [0.3, 0.4) is 0 Å². The zero-order valence-corrected chi connectivity index (χ0v) is 12.3. The first-order valence-corrected chi connectivity index (χ1v) is 6.54. The molecule has 0 saturated heterocycles. The van der Waals surface area contributed by atoms with Crippen LogP contribution >= 0.6 is 0 Å². The molecular weight excluding hydrogens is 242 g/mol. The van der Waals surface area contributed by atoms with E-state index in [2.05, 4.69) is 5.32 Å². The van der Waals surface area contributed by atoms with Crippen molar-refractivity contribution in [2.45, 2.75) is 52.7 Å². The molecular formula is C15H23NO3. The van der Waals surface area contributed by atoms with Crippen LogP contribution in [0.25, 0.3) is 0 Å². The van der Waals surface area contributed by atoms with E-state index in [1.165, 1.54) is 0 Å². The number of phenolic OH excluding ortho intramolecular Hbond substituents is 1. The second kappa shape index (κ2) is 5.95. The fourth-order valence-corrected chi connectivity index (χ4v) is 1.50. The van der Waals surface area contributed by atoms with Crippen LogP contribution < -0.4 is 10.1 Å². The highest BCUT2D eigenvalue weighted by Crippen LogP contribution is 2.26. The van der Waals surface area contributed by atoms with Gasteiger partial charge in [-0.15, -0.1) is 0 Å². The van der Waals surface area contributed by atoms with E-state index in [9.17, 15) is 9.90 Å². The number of ether oxygens (including phenoxy) is 1. The molecule has 0 aromatic heterocycles. The maximum atomic E-state index is 12.0. The Balaban J connectivity index is 2.72. The molecule has 1 aromatic carbocycles. The number of phenols is 1. The van der Waals surface area contributed by atoms with Crippen molar-refractivity contribution in [1.29, 1.82) is 0 Å². The molecule has 4 heteroatoms. The number of aromatic hydroxyl groups is 1. The summed E-state index contributed by atoms with van der Waals surface area (Å²) in [5.41, 5.74) is 0.389. The number of carbonyl (C=O) groups is 1. The third-order valence-electron chi connectivity index (χ3n) is 3.27. The Kier molecular flexibility index (Phi) is 4.81. The largest absolute Gasteiger partial charge is 0.508 e. The zero-order chi connectivity index (χ0) is 14.6. The highest BCUT2D eigenvalue weighted by Gasteiger charge is 2.23. The molecule has 1 amide bonds. The second-order valence-corrected chi connectivity index (χ2v) is 5.39. The maximum Gasteiger partial charge on any atom is 0.261 e. The molecule has 1 aromatic rings. The third kappa shape index (κ3) is 4.16. The van der Waals surface area contributed by atoms with Crippen LogP contribution in [0.1, 0.15) is 39.7 Å². The molecule has 19 heavy (non-hydrogen) atoms. The van der Waals surface area contributed by atoms with Crippen molar-refractivity contribution in [3.05, 3.63) is 23.8 Å². The van der Waals surface area contributed by atoms with Crippen molar-refractivity contribution < 1.29 is 14.6 Å². The van der Waals surface area contributed by atoms with Gasteiger partial charge in [-0.05, 0) is 46.2 Å². The van der Waals surface area contributed by atoms with Crippen LogP contribution in [0.5, 0.6) is 11.5 Å². The van der Waals surface area contributed by atoms with Gasteiger partial charge in [0.05, 0.1) is 0 Å². The highest BCUT2D eigenvalue weighted by molar-refractivity contribution is 5.81. The molecule has 0 aliphatic carbocycles. The van der Waals surface area contributed by atoms with Gasteiger partial charge in [-0.2, -0.15) is 0 Å². The van der Waals surface area contributed by atoms with Crippen molar-refractivity contribution in [1.82, 2.24) is 5.32 Å². The van der Waals surface area contributed by atoms with Crippen molar-refractivity contribution in [3.8, 4) is 11.5 Å². The Morgan fingerprint density at radius 3 is 2.68 bits per heavy atom. The van der Waals surface area contributed by atoms with Gasteiger partial charge in [-0.25, -0.2) is 0 Å². The third-order valence-corrected chi connectivity index (χ3v) is 3.27. The van der Waals surface area contributed by atoms with E-state index in [1.807, 2.05) is 20.8 Å². The van der Waals surface area contributed by atoms with E-state index in [1.54, 1.807) is 32.0 Å². The number of hydrogen-bond acceptors (Lipinski definition) is 3. The number of nitrogens with one attached hydrogen (secondary N) is 1. The van der Waals surface area contributed by atoms with Crippen LogP contribution in [-0.2, 0) is 4.79 Å². The fourth-order valence-electron chi connectivity index (χ4n) is 1.50. The lowest BCUT2D eigenvalue weighted by Crippen LogP contribution is -2.48. The van der Waals surface area contributed by atoms with Crippen molar-refractivity contribution in [2.24, 2.45) is 0 Å². The molecule has 1 atom stereocenters. The quantitative estimate of drug-likeness (QED) is 0.860. The summed E-state index contributed by atoms with van der Waals surface area (Å²) in [4.78, 5) is 12.0. The lowest BCUT2D eigenvalue weighted by Gasteiger charge is -2.26. The fraction of sp³-hybridized carbons (Fsp3) is 0.533. The van der Waals surface area contributed by atoms with Crippen LogP contribution in [0, 0.1) is 6.92 Å². The van der Waals surface area contributed by atoms with Gasteiger partial charge in [0, 0.05) is 11.1 Å². The van der Waals surface area contributed by atoms with E-state index in [0.29, 0.717) is 11.3 Å². The molecule has 106 valence electrons. The maximum absolute atomic E-state index is 12.0. The first-order chi connectivity index (χ1) is 8.76. The predicted octanol–water partition coefficient (Wildman–Crippen LogP) is 2.77. The van der Waals surface area contributed by atoms with Crippen LogP contribution in [-0.4, -0.2) is 22.7 Å². The molecule has 0 heterocycles. The van der Waals surface area contributed by atoms with E-state index in [-0.39, 0.29) is 17.2 Å². The summed E-state index contributed by atoms with van der Waals surface area (Å²) in [5, 5.41) is 12.5. The van der Waals surface area contributed by atoms with Gasteiger partial charge in [0.15, 0.2) is 6.10 Å². The van der Waals surface area contributed by atoms with Gasteiger partial charge in [0.25, 0.3) is 5.91 Å². The Labute approximate surface area is 114 Å². The van der Waals surface area contributed by atoms with Gasteiger partial charge in [0.1, 0.15) is 11.5 Å². The van der Waals surface area contributed by atoms with Gasteiger partial charge < -0.3 is 15.2 Å². The molecule has 0 radical (unpaired) electrons. The normalized spacial score (nSPS) is 12.9. The molecule has 2 N–H and O–H groups in total. The second-order valence-electron chi connectivity index (χ2n) is 5.39. The van der Waals surface area contributed by atoms with E-state index in [0.717, 1.165) is 6.42 Å². The SMILES string of the molecule is CCC(C)(C)NC(=O)C(C)Oc1cccc(O)c1C. The van der Waals surface area contributed by atoms with Crippen molar-refractivity contribution >= 4 is 5.91 Å². The number of amides is 1. The van der Waals surface area contributed by atoms with Crippen LogP contribution in [0.15, 0.2) is 18.2 Å². The lowest BCUT2D eigenvalue weighted by molar-refractivity contribution is -0.129. The highest BCUT2D eigenvalue weighted by atomic mass is 16.5. The molecule has 0 fully saturated rings. The van der Waals surface area contributed by atoms with Crippen molar-refractivity contribution in [3.63, 3.8) is 0 Å². The van der Waals surface area contributed by atoms with Gasteiger partial charge >= 0.3 is 0 Å². The summed E-state index contributed by atoms with van der Waals surface area (Å²) < 4.78 is 5.61. The first kappa shape index (κ1) is 15.3. The molecule has 0 spiro atoms. The summed E-state index contributed by atoms with van der Waals surface area (Å²) >= 11 is 0. The number of hydrogen-bond donors (Lipinski definition) is 2. The predicted molar refractivity (Wildman–Crippen MR) is 75.4 cm³/mol. The first-order valence-electron chi connectivity index (χ1n) is 6.54. The average Bonchev–Trinajstić information content (AvgIpc) is 2.34. The van der Waals surface area contributed by atoms with Gasteiger partial charge in [-0.1, -0.05) is 13.0 Å². The summed E-state index contributed by atoms with van der Waals surface area (Å²) in [7, 11) is 0. The lowest BCUT2D eigenvalue weighted by atomic mass is 10.0. The average molecular weight is 265 g/mol. The minimum atomic E-state index is -0.605. The van der Waals surface area contributed by atoms with E-state index < -0.39 is 6.10 Å².